The van der Waals surface area contributed by atoms with E-state index in [1.54, 1.807) is 24.3 Å². The highest BCUT2D eigenvalue weighted by Crippen LogP contribution is 2.35. The lowest BCUT2D eigenvalue weighted by atomic mass is 10.1. The Kier molecular flexibility index (Phi) is 4.66. The molecule has 1 amide bonds. The second kappa shape index (κ2) is 7.06. The number of nitrogens with zero attached hydrogens (tertiary/aromatic N) is 1. The molecule has 0 aliphatic heterocycles. The highest BCUT2D eigenvalue weighted by Gasteiger charge is 2.20. The van der Waals surface area contributed by atoms with Crippen molar-refractivity contribution < 1.29 is 28.9 Å². The number of rotatable bonds is 5. The molecule has 3 rings (SSSR count). The number of amides is 1. The summed E-state index contributed by atoms with van der Waals surface area (Å²) < 4.78 is 18.7. The molecule has 0 unspecified atom stereocenters. The molecule has 0 fully saturated rings. The number of carboxylic acid groups (broad SMARTS) is 1. The maximum Gasteiger partial charge on any atom is 0.322 e. The number of ether oxygens (including phenoxy) is 1. The van der Waals surface area contributed by atoms with E-state index in [4.69, 9.17) is 9.84 Å². The maximum absolute atomic E-state index is 13.0. The molecule has 0 atom stereocenters. The van der Waals surface area contributed by atoms with Gasteiger partial charge in [-0.15, -0.1) is 0 Å². The van der Waals surface area contributed by atoms with Gasteiger partial charge in [0, 0.05) is 10.8 Å². The second-order valence-electron chi connectivity index (χ2n) is 5.29. The van der Waals surface area contributed by atoms with Gasteiger partial charge < -0.3 is 20.3 Å². The molecule has 3 N–H and O–H groups in total. The summed E-state index contributed by atoms with van der Waals surface area (Å²) in [6.45, 7) is -0.624. The predicted octanol–water partition coefficient (Wildman–Crippen LogP) is 2.69. The summed E-state index contributed by atoms with van der Waals surface area (Å²) in [5, 5.41) is 21.9. The summed E-state index contributed by atoms with van der Waals surface area (Å²) in [7, 11) is 0. The summed E-state index contributed by atoms with van der Waals surface area (Å²) in [5.41, 5.74) is -0.373. The van der Waals surface area contributed by atoms with Gasteiger partial charge in [-0.1, -0.05) is 18.2 Å². The lowest BCUT2D eigenvalue weighted by Crippen LogP contribution is -2.30. The standard InChI is InChI=1S/C18H13FN2O5/c19-10-5-7-11(8-6-10)26-18-13-4-2-1-3-12(13)16(24)15(21-18)17(25)20-9-14(22)23/h1-8,24H,9H2,(H,20,25)(H,22,23). The fourth-order valence-electron chi connectivity index (χ4n) is 2.31. The third-order valence-corrected chi connectivity index (χ3v) is 3.49. The minimum Gasteiger partial charge on any atom is -0.505 e. The molecule has 0 bridgehead atoms. The summed E-state index contributed by atoms with van der Waals surface area (Å²) in [6.07, 6.45) is 0. The van der Waals surface area contributed by atoms with E-state index in [1.165, 1.54) is 24.3 Å². The Hall–Kier alpha value is -3.68. The van der Waals surface area contributed by atoms with Crippen molar-refractivity contribution in [1.82, 2.24) is 10.3 Å². The monoisotopic (exact) mass is 356 g/mol. The first-order chi connectivity index (χ1) is 12.5. The van der Waals surface area contributed by atoms with Crippen molar-refractivity contribution in [2.45, 2.75) is 0 Å². The predicted molar refractivity (Wildman–Crippen MR) is 89.9 cm³/mol. The van der Waals surface area contributed by atoms with E-state index in [1.807, 2.05) is 0 Å². The molecule has 26 heavy (non-hydrogen) atoms. The molecule has 0 aliphatic carbocycles. The van der Waals surface area contributed by atoms with Crippen LogP contribution in [0.2, 0.25) is 0 Å². The molecule has 132 valence electrons. The van der Waals surface area contributed by atoms with E-state index in [-0.39, 0.29) is 17.3 Å². The quantitative estimate of drug-likeness (QED) is 0.649. The van der Waals surface area contributed by atoms with Crippen molar-refractivity contribution in [3.63, 3.8) is 0 Å². The van der Waals surface area contributed by atoms with Crippen molar-refractivity contribution in [2.75, 3.05) is 6.54 Å². The van der Waals surface area contributed by atoms with Crippen molar-refractivity contribution in [1.29, 1.82) is 0 Å². The molecule has 0 radical (unpaired) electrons. The van der Waals surface area contributed by atoms with Gasteiger partial charge in [-0.3, -0.25) is 9.59 Å². The molecule has 8 heteroatoms. The Labute approximate surface area is 146 Å². The van der Waals surface area contributed by atoms with Crippen LogP contribution in [0.1, 0.15) is 10.5 Å². The van der Waals surface area contributed by atoms with Crippen LogP contribution in [-0.2, 0) is 4.79 Å². The normalized spacial score (nSPS) is 10.5. The van der Waals surface area contributed by atoms with Gasteiger partial charge in [-0.05, 0) is 30.3 Å². The molecule has 3 aromatic rings. The molecule has 0 aliphatic rings. The minimum absolute atomic E-state index is 0.0190. The molecule has 0 spiro atoms. The Morgan fingerprint density at radius 1 is 1.08 bits per heavy atom. The van der Waals surface area contributed by atoms with Crippen molar-refractivity contribution in [2.24, 2.45) is 0 Å². The van der Waals surface area contributed by atoms with Crippen LogP contribution in [0.4, 0.5) is 4.39 Å². The van der Waals surface area contributed by atoms with Gasteiger partial charge in [0.15, 0.2) is 11.4 Å². The fourth-order valence-corrected chi connectivity index (χ4v) is 2.31. The minimum atomic E-state index is -1.23. The van der Waals surface area contributed by atoms with Gasteiger partial charge >= 0.3 is 5.97 Å². The zero-order valence-electron chi connectivity index (χ0n) is 13.3. The van der Waals surface area contributed by atoms with Crippen LogP contribution in [0.15, 0.2) is 48.5 Å². The molecular weight excluding hydrogens is 343 g/mol. The van der Waals surface area contributed by atoms with Gasteiger partial charge in [0.1, 0.15) is 18.1 Å². The number of aromatic nitrogens is 1. The van der Waals surface area contributed by atoms with E-state index in [0.29, 0.717) is 10.8 Å². The maximum atomic E-state index is 13.0. The number of aromatic hydroxyl groups is 1. The van der Waals surface area contributed by atoms with Crippen LogP contribution >= 0.6 is 0 Å². The number of benzene rings is 2. The SMILES string of the molecule is O=C(O)CNC(=O)c1nc(Oc2ccc(F)cc2)c2ccccc2c1O. The smallest absolute Gasteiger partial charge is 0.322 e. The van der Waals surface area contributed by atoms with Crippen molar-refractivity contribution in [3.05, 3.63) is 60.0 Å². The molecule has 7 nitrogen and oxygen atoms in total. The number of pyridine rings is 1. The van der Waals surface area contributed by atoms with Gasteiger partial charge in [0.2, 0.25) is 5.88 Å². The zero-order valence-corrected chi connectivity index (χ0v) is 13.3. The molecule has 2 aromatic carbocycles. The third kappa shape index (κ3) is 3.54. The number of fused-ring (bicyclic) bond motifs is 1. The first-order valence-electron chi connectivity index (χ1n) is 7.51. The number of carbonyl (C=O) groups is 2. The van der Waals surface area contributed by atoms with Crippen LogP contribution in [0.3, 0.4) is 0 Å². The fraction of sp³-hybridized carbons (Fsp3) is 0.0556. The molecular formula is C18H13FN2O5. The van der Waals surface area contributed by atoms with E-state index in [0.717, 1.165) is 0 Å². The van der Waals surface area contributed by atoms with Crippen molar-refractivity contribution >= 4 is 22.6 Å². The number of aliphatic carboxylic acids is 1. The van der Waals surface area contributed by atoms with E-state index < -0.39 is 30.0 Å². The summed E-state index contributed by atoms with van der Waals surface area (Å²) in [6, 6.07) is 11.8. The van der Waals surface area contributed by atoms with E-state index in [9.17, 15) is 19.1 Å². The molecule has 1 heterocycles. The number of carboxylic acids is 1. The van der Waals surface area contributed by atoms with Gasteiger partial charge in [-0.25, -0.2) is 9.37 Å². The number of hydrogen-bond donors (Lipinski definition) is 3. The summed E-state index contributed by atoms with van der Waals surface area (Å²) >= 11 is 0. The highest BCUT2D eigenvalue weighted by atomic mass is 19.1. The average Bonchev–Trinajstić information content (AvgIpc) is 2.64. The second-order valence-corrected chi connectivity index (χ2v) is 5.29. The Balaban J connectivity index is 2.06. The highest BCUT2D eigenvalue weighted by molar-refractivity contribution is 6.03. The van der Waals surface area contributed by atoms with Crippen LogP contribution in [0, 0.1) is 5.82 Å². The number of nitrogens with one attached hydrogen (secondary N) is 1. The summed E-state index contributed by atoms with van der Waals surface area (Å²) in [4.78, 5) is 26.8. The Morgan fingerprint density at radius 2 is 1.73 bits per heavy atom. The van der Waals surface area contributed by atoms with Gasteiger partial charge in [0.05, 0.1) is 0 Å². The van der Waals surface area contributed by atoms with Gasteiger partial charge in [0.25, 0.3) is 5.91 Å². The number of hydrogen-bond acceptors (Lipinski definition) is 5. The number of carbonyl (C=O) groups excluding carboxylic acids is 1. The topological polar surface area (TPSA) is 109 Å². The van der Waals surface area contributed by atoms with Gasteiger partial charge in [-0.2, -0.15) is 0 Å². The Bertz CT molecular complexity index is 989. The first-order valence-corrected chi connectivity index (χ1v) is 7.51. The van der Waals surface area contributed by atoms with Crippen molar-refractivity contribution in [3.8, 4) is 17.4 Å². The molecule has 1 aromatic heterocycles. The first kappa shape index (κ1) is 17.2. The zero-order chi connectivity index (χ0) is 18.7. The third-order valence-electron chi connectivity index (χ3n) is 3.49. The molecule has 0 saturated heterocycles. The largest absolute Gasteiger partial charge is 0.505 e. The lowest BCUT2D eigenvalue weighted by molar-refractivity contribution is -0.135. The van der Waals surface area contributed by atoms with Crippen LogP contribution in [0.5, 0.6) is 17.4 Å². The van der Waals surface area contributed by atoms with Crippen LogP contribution in [0.25, 0.3) is 10.8 Å². The van der Waals surface area contributed by atoms with Crippen LogP contribution < -0.4 is 10.1 Å². The van der Waals surface area contributed by atoms with Crippen LogP contribution in [-0.4, -0.2) is 33.6 Å². The Morgan fingerprint density at radius 3 is 2.38 bits per heavy atom. The van der Waals surface area contributed by atoms with E-state index in [2.05, 4.69) is 10.3 Å². The van der Waals surface area contributed by atoms with E-state index >= 15 is 0 Å². The number of halogens is 1. The summed E-state index contributed by atoms with van der Waals surface area (Å²) in [5.74, 6) is -2.62. The molecule has 0 saturated carbocycles. The average molecular weight is 356 g/mol. The lowest BCUT2D eigenvalue weighted by Gasteiger charge is -2.12.